The van der Waals surface area contributed by atoms with E-state index in [9.17, 15) is 23.7 Å². The van der Waals surface area contributed by atoms with Crippen LogP contribution >= 0.6 is 23.5 Å². The lowest BCUT2D eigenvalue weighted by atomic mass is 9.99. The molecule has 14 heteroatoms. The van der Waals surface area contributed by atoms with Gasteiger partial charge in [-0.15, -0.1) is 0 Å². The SMILES string of the molecule is CCOP(=O)(OCC)[C@]1(Br)O[C@H](COC(C)=O)[C@@H](OC(C)=O)[C@H](OC(C)=O)[C@H]1OC(C)=O. The smallest absolute Gasteiger partial charge is 0.377 e. The summed E-state index contributed by atoms with van der Waals surface area (Å²) in [4.78, 5) is 47.0. The van der Waals surface area contributed by atoms with Gasteiger partial charge in [-0.25, -0.2) is 0 Å². The molecule has 1 fully saturated rings. The summed E-state index contributed by atoms with van der Waals surface area (Å²) in [5.41, 5.74) is 0. The third-order valence-corrected chi connectivity index (χ3v) is 8.22. The molecule has 32 heavy (non-hydrogen) atoms. The molecular formula is C18H28BrO12P. The third kappa shape index (κ3) is 6.98. The van der Waals surface area contributed by atoms with Gasteiger partial charge in [-0.05, 0) is 29.8 Å². The Morgan fingerprint density at radius 1 is 0.844 bits per heavy atom. The summed E-state index contributed by atoms with van der Waals surface area (Å²) in [6.07, 6.45) is -5.89. The van der Waals surface area contributed by atoms with E-state index < -0.39 is 66.7 Å². The van der Waals surface area contributed by atoms with Crippen molar-refractivity contribution < 1.29 is 56.5 Å². The maximum absolute atomic E-state index is 13.8. The van der Waals surface area contributed by atoms with Crippen LogP contribution in [0.15, 0.2) is 0 Å². The highest BCUT2D eigenvalue weighted by Crippen LogP contribution is 2.68. The fraction of sp³-hybridized carbons (Fsp3) is 0.778. The Kier molecular flexibility index (Phi) is 10.8. The number of esters is 4. The summed E-state index contributed by atoms with van der Waals surface area (Å²) in [6, 6.07) is 0. The first-order valence-electron chi connectivity index (χ1n) is 9.72. The van der Waals surface area contributed by atoms with Crippen molar-refractivity contribution in [1.29, 1.82) is 0 Å². The zero-order chi connectivity index (χ0) is 24.7. The lowest BCUT2D eigenvalue weighted by Crippen LogP contribution is -2.65. The molecule has 0 aromatic carbocycles. The first kappa shape index (κ1) is 28.5. The predicted octanol–water partition coefficient (Wildman–Crippen LogP) is 2.06. The first-order valence-corrected chi connectivity index (χ1v) is 12.1. The first-order chi connectivity index (χ1) is 14.8. The Morgan fingerprint density at radius 2 is 1.31 bits per heavy atom. The van der Waals surface area contributed by atoms with Gasteiger partial charge in [-0.3, -0.25) is 23.7 Å². The summed E-state index contributed by atoms with van der Waals surface area (Å²) in [7, 11) is -4.30. The van der Waals surface area contributed by atoms with Crippen molar-refractivity contribution in [2.75, 3.05) is 19.8 Å². The summed E-state index contributed by atoms with van der Waals surface area (Å²) >= 11 is 3.20. The van der Waals surface area contributed by atoms with E-state index in [0.29, 0.717) is 0 Å². The fourth-order valence-electron chi connectivity index (χ4n) is 3.01. The van der Waals surface area contributed by atoms with Gasteiger partial charge in [0.25, 0.3) is 4.25 Å². The number of hydrogen-bond acceptors (Lipinski definition) is 12. The highest BCUT2D eigenvalue weighted by molar-refractivity contribution is 9.11. The van der Waals surface area contributed by atoms with E-state index in [1.807, 2.05) is 0 Å². The summed E-state index contributed by atoms with van der Waals surface area (Å²) in [6.45, 7) is 6.83. The molecule has 1 rings (SSSR count). The van der Waals surface area contributed by atoms with Crippen molar-refractivity contribution in [2.24, 2.45) is 0 Å². The Balaban J connectivity index is 3.71. The predicted molar refractivity (Wildman–Crippen MR) is 111 cm³/mol. The molecular weight excluding hydrogens is 519 g/mol. The van der Waals surface area contributed by atoms with Crippen LogP contribution in [0.1, 0.15) is 41.5 Å². The normalized spacial score (nSPS) is 27.8. The van der Waals surface area contributed by atoms with Gasteiger partial charge < -0.3 is 32.7 Å². The molecule has 1 aliphatic heterocycles. The van der Waals surface area contributed by atoms with Gasteiger partial charge >= 0.3 is 31.5 Å². The topological polar surface area (TPSA) is 150 Å². The summed E-state index contributed by atoms with van der Waals surface area (Å²) in [5.74, 6) is -3.14. The summed E-state index contributed by atoms with van der Waals surface area (Å²) < 4.78 is 49.1. The maximum Gasteiger partial charge on any atom is 0.377 e. The molecule has 0 bridgehead atoms. The molecule has 184 valence electrons. The van der Waals surface area contributed by atoms with Crippen molar-refractivity contribution in [3.8, 4) is 0 Å². The van der Waals surface area contributed by atoms with E-state index in [0.717, 1.165) is 27.7 Å². The van der Waals surface area contributed by atoms with Crippen LogP contribution < -0.4 is 0 Å². The number of ether oxygens (including phenoxy) is 5. The molecule has 12 nitrogen and oxygen atoms in total. The molecule has 0 spiro atoms. The van der Waals surface area contributed by atoms with Gasteiger partial charge in [0.1, 0.15) is 12.7 Å². The van der Waals surface area contributed by atoms with Gasteiger partial charge in [0.05, 0.1) is 13.2 Å². The summed E-state index contributed by atoms with van der Waals surface area (Å²) in [5, 5.41) is 0. The lowest BCUT2D eigenvalue weighted by Gasteiger charge is -2.49. The van der Waals surface area contributed by atoms with Crippen molar-refractivity contribution in [3.05, 3.63) is 0 Å². The molecule has 0 aromatic rings. The van der Waals surface area contributed by atoms with E-state index in [-0.39, 0.29) is 13.2 Å². The number of carbonyl (C=O) groups excluding carboxylic acids is 4. The van der Waals surface area contributed by atoms with Gasteiger partial charge in [-0.1, -0.05) is 0 Å². The van der Waals surface area contributed by atoms with Crippen molar-refractivity contribution in [1.82, 2.24) is 0 Å². The van der Waals surface area contributed by atoms with Crippen molar-refractivity contribution in [2.45, 2.75) is 70.2 Å². The van der Waals surface area contributed by atoms with E-state index in [1.54, 1.807) is 13.8 Å². The quantitative estimate of drug-likeness (QED) is 0.171. The Bertz CT molecular complexity index is 748. The second-order valence-electron chi connectivity index (χ2n) is 6.58. The van der Waals surface area contributed by atoms with Gasteiger partial charge in [-0.2, -0.15) is 0 Å². The Morgan fingerprint density at radius 3 is 1.72 bits per heavy atom. The molecule has 0 amide bonds. The largest absolute Gasteiger partial charge is 0.463 e. The zero-order valence-electron chi connectivity index (χ0n) is 18.7. The number of rotatable bonds is 10. The third-order valence-electron chi connectivity index (χ3n) is 3.98. The van der Waals surface area contributed by atoms with Crippen LogP contribution in [0.5, 0.6) is 0 Å². The molecule has 0 N–H and O–H groups in total. The second kappa shape index (κ2) is 12.1. The molecule has 0 saturated carbocycles. The average molecular weight is 547 g/mol. The molecule has 0 aromatic heterocycles. The van der Waals surface area contributed by atoms with E-state index in [4.69, 9.17) is 32.7 Å². The van der Waals surface area contributed by atoms with Crippen LogP contribution in [0.4, 0.5) is 0 Å². The van der Waals surface area contributed by atoms with Crippen LogP contribution in [-0.2, 0) is 56.5 Å². The lowest BCUT2D eigenvalue weighted by molar-refractivity contribution is -0.247. The monoisotopic (exact) mass is 546 g/mol. The minimum absolute atomic E-state index is 0.0823. The molecule has 5 atom stereocenters. The Labute approximate surface area is 194 Å². The fourth-order valence-corrected chi connectivity index (χ4v) is 6.10. The van der Waals surface area contributed by atoms with E-state index in [2.05, 4.69) is 15.9 Å². The minimum Gasteiger partial charge on any atom is -0.463 e. The number of carbonyl (C=O) groups is 4. The van der Waals surface area contributed by atoms with E-state index >= 15 is 0 Å². The van der Waals surface area contributed by atoms with Crippen molar-refractivity contribution in [3.63, 3.8) is 0 Å². The van der Waals surface area contributed by atoms with E-state index in [1.165, 1.54) is 0 Å². The Hall–Kier alpha value is -1.53. The minimum atomic E-state index is -4.30. The number of halogens is 1. The number of alkyl halides is 1. The van der Waals surface area contributed by atoms with Crippen LogP contribution in [0.3, 0.4) is 0 Å². The molecule has 1 saturated heterocycles. The maximum atomic E-state index is 13.8. The van der Waals surface area contributed by atoms with Gasteiger partial charge in [0.15, 0.2) is 18.3 Å². The highest BCUT2D eigenvalue weighted by atomic mass is 79.9. The molecule has 1 aliphatic rings. The highest BCUT2D eigenvalue weighted by Gasteiger charge is 2.68. The van der Waals surface area contributed by atoms with Crippen LogP contribution in [-0.4, -0.2) is 72.4 Å². The van der Waals surface area contributed by atoms with Crippen LogP contribution in [0.2, 0.25) is 0 Å². The number of hydrogen-bond donors (Lipinski definition) is 0. The second-order valence-corrected chi connectivity index (χ2v) is 10.5. The van der Waals surface area contributed by atoms with Crippen molar-refractivity contribution >= 4 is 47.4 Å². The van der Waals surface area contributed by atoms with Crippen LogP contribution in [0.25, 0.3) is 0 Å². The average Bonchev–Trinajstić information content (AvgIpc) is 2.64. The van der Waals surface area contributed by atoms with Gasteiger partial charge in [0.2, 0.25) is 0 Å². The molecule has 0 unspecified atom stereocenters. The molecule has 0 radical (unpaired) electrons. The molecule has 1 heterocycles. The van der Waals surface area contributed by atoms with Gasteiger partial charge in [0, 0.05) is 27.7 Å². The molecule has 0 aliphatic carbocycles. The zero-order valence-corrected chi connectivity index (χ0v) is 21.1. The van der Waals surface area contributed by atoms with Crippen LogP contribution in [0, 0.1) is 0 Å². The standard InChI is InChI=1S/C18H28BrO12P/c1-7-26-32(24,27-8-2)18(19)17(30-13(6)23)16(29-12(5)22)15(28-11(4)21)14(31-18)9-25-10(3)20/h14-17H,7-9H2,1-6H3/t14-,15-,16+,17-,18-/m1/s1.